The second kappa shape index (κ2) is 8.02. The minimum atomic E-state index is -0.260. The van der Waals surface area contributed by atoms with Crippen molar-refractivity contribution >= 4 is 11.9 Å². The summed E-state index contributed by atoms with van der Waals surface area (Å²) in [6.45, 7) is 2.68. The molecule has 2 aromatic heterocycles. The SMILES string of the molecule is CCNc1ncc(C(=O)NC(Cc2ccncc2)C2CC(O)C2)cn1. The quantitative estimate of drug-likeness (QED) is 0.704. The van der Waals surface area contributed by atoms with Crippen LogP contribution in [0.3, 0.4) is 0 Å². The maximum Gasteiger partial charge on any atom is 0.254 e. The van der Waals surface area contributed by atoms with Gasteiger partial charge >= 0.3 is 0 Å². The van der Waals surface area contributed by atoms with E-state index in [0.717, 1.165) is 12.1 Å². The zero-order valence-electron chi connectivity index (χ0n) is 14.2. The summed E-state index contributed by atoms with van der Waals surface area (Å²) in [5.41, 5.74) is 1.54. The normalized spacial score (nSPS) is 20.4. The van der Waals surface area contributed by atoms with E-state index in [-0.39, 0.29) is 24.0 Å². The summed E-state index contributed by atoms with van der Waals surface area (Å²) in [4.78, 5) is 24.9. The molecule has 0 spiro atoms. The van der Waals surface area contributed by atoms with Crippen LogP contribution in [0.5, 0.6) is 0 Å². The van der Waals surface area contributed by atoms with Gasteiger partial charge < -0.3 is 15.7 Å². The summed E-state index contributed by atoms with van der Waals surface area (Å²) in [6.07, 6.45) is 8.43. The molecule has 1 unspecified atom stereocenters. The summed E-state index contributed by atoms with van der Waals surface area (Å²) < 4.78 is 0. The summed E-state index contributed by atoms with van der Waals surface area (Å²) in [7, 11) is 0. The highest BCUT2D eigenvalue weighted by Crippen LogP contribution is 2.31. The Morgan fingerprint density at radius 2 is 1.96 bits per heavy atom. The van der Waals surface area contributed by atoms with Crippen molar-refractivity contribution in [2.75, 3.05) is 11.9 Å². The minimum absolute atomic E-state index is 0.0354. The number of aliphatic hydroxyl groups is 1. The molecule has 132 valence electrons. The van der Waals surface area contributed by atoms with Crippen molar-refractivity contribution in [2.45, 2.75) is 38.3 Å². The molecule has 7 nitrogen and oxygen atoms in total. The van der Waals surface area contributed by atoms with Gasteiger partial charge in [0.05, 0.1) is 11.7 Å². The Labute approximate surface area is 146 Å². The van der Waals surface area contributed by atoms with Crippen molar-refractivity contribution in [1.29, 1.82) is 0 Å². The van der Waals surface area contributed by atoms with Crippen LogP contribution in [0.2, 0.25) is 0 Å². The Morgan fingerprint density at radius 1 is 1.28 bits per heavy atom. The number of hydrogen-bond acceptors (Lipinski definition) is 6. The number of aliphatic hydroxyl groups excluding tert-OH is 1. The number of rotatable bonds is 7. The molecular weight excluding hydrogens is 318 g/mol. The van der Waals surface area contributed by atoms with Crippen LogP contribution < -0.4 is 10.6 Å². The predicted octanol–water partition coefficient (Wildman–Crippen LogP) is 1.42. The lowest BCUT2D eigenvalue weighted by atomic mass is 9.75. The van der Waals surface area contributed by atoms with Crippen molar-refractivity contribution in [3.63, 3.8) is 0 Å². The molecule has 1 atom stereocenters. The topological polar surface area (TPSA) is 100 Å². The number of hydrogen-bond donors (Lipinski definition) is 3. The van der Waals surface area contributed by atoms with E-state index in [0.29, 0.717) is 30.8 Å². The van der Waals surface area contributed by atoms with Crippen molar-refractivity contribution < 1.29 is 9.90 Å². The maximum atomic E-state index is 12.6. The number of carbonyl (C=O) groups excluding carboxylic acids is 1. The van der Waals surface area contributed by atoms with E-state index in [1.807, 2.05) is 19.1 Å². The lowest BCUT2D eigenvalue weighted by molar-refractivity contribution is 0.0239. The molecule has 25 heavy (non-hydrogen) atoms. The van der Waals surface area contributed by atoms with E-state index >= 15 is 0 Å². The zero-order chi connectivity index (χ0) is 17.6. The number of carbonyl (C=O) groups is 1. The molecule has 1 aliphatic rings. The van der Waals surface area contributed by atoms with Gasteiger partial charge in [-0.3, -0.25) is 9.78 Å². The van der Waals surface area contributed by atoms with Gasteiger partial charge in [-0.1, -0.05) is 0 Å². The molecule has 0 aromatic carbocycles. The van der Waals surface area contributed by atoms with E-state index in [1.54, 1.807) is 12.4 Å². The fourth-order valence-corrected chi connectivity index (χ4v) is 3.01. The van der Waals surface area contributed by atoms with Crippen LogP contribution in [-0.4, -0.2) is 44.7 Å². The van der Waals surface area contributed by atoms with Gasteiger partial charge in [0.15, 0.2) is 0 Å². The Balaban J connectivity index is 1.67. The monoisotopic (exact) mass is 341 g/mol. The van der Waals surface area contributed by atoms with E-state index in [2.05, 4.69) is 25.6 Å². The van der Waals surface area contributed by atoms with Gasteiger partial charge in [-0.2, -0.15) is 0 Å². The van der Waals surface area contributed by atoms with Gasteiger partial charge in [-0.25, -0.2) is 9.97 Å². The lowest BCUT2D eigenvalue weighted by Crippen LogP contribution is -2.48. The highest BCUT2D eigenvalue weighted by Gasteiger charge is 2.35. The molecule has 2 heterocycles. The van der Waals surface area contributed by atoms with Crippen molar-refractivity contribution in [3.05, 3.63) is 48.0 Å². The molecule has 7 heteroatoms. The first-order valence-corrected chi connectivity index (χ1v) is 8.59. The highest BCUT2D eigenvalue weighted by molar-refractivity contribution is 5.93. The lowest BCUT2D eigenvalue weighted by Gasteiger charge is -2.38. The minimum Gasteiger partial charge on any atom is -0.393 e. The van der Waals surface area contributed by atoms with E-state index in [9.17, 15) is 9.90 Å². The van der Waals surface area contributed by atoms with Crippen LogP contribution >= 0.6 is 0 Å². The molecule has 1 fully saturated rings. The Bertz CT molecular complexity index is 686. The smallest absolute Gasteiger partial charge is 0.254 e. The number of anilines is 1. The Morgan fingerprint density at radius 3 is 2.56 bits per heavy atom. The Hall–Kier alpha value is -2.54. The van der Waals surface area contributed by atoms with Gasteiger partial charge in [0.1, 0.15) is 0 Å². The average molecular weight is 341 g/mol. The average Bonchev–Trinajstić information content (AvgIpc) is 2.60. The second-order valence-electron chi connectivity index (χ2n) is 6.35. The highest BCUT2D eigenvalue weighted by atomic mass is 16.3. The first-order chi connectivity index (χ1) is 12.2. The number of nitrogens with one attached hydrogen (secondary N) is 2. The van der Waals surface area contributed by atoms with Crippen LogP contribution in [-0.2, 0) is 6.42 Å². The van der Waals surface area contributed by atoms with Crippen molar-refractivity contribution in [3.8, 4) is 0 Å². The summed E-state index contributed by atoms with van der Waals surface area (Å²) in [5, 5.41) is 15.7. The summed E-state index contributed by atoms with van der Waals surface area (Å²) >= 11 is 0. The third-order valence-corrected chi connectivity index (χ3v) is 4.49. The van der Waals surface area contributed by atoms with Crippen molar-refractivity contribution in [1.82, 2.24) is 20.3 Å². The third kappa shape index (κ3) is 4.51. The number of nitrogens with zero attached hydrogens (tertiary/aromatic N) is 3. The van der Waals surface area contributed by atoms with Crippen LogP contribution in [0.15, 0.2) is 36.9 Å². The van der Waals surface area contributed by atoms with E-state index < -0.39 is 0 Å². The fraction of sp³-hybridized carbons (Fsp3) is 0.444. The number of amides is 1. The standard InChI is InChI=1S/C18H23N5O2/c1-2-20-18-21-10-14(11-22-18)17(25)23-16(13-8-15(24)9-13)7-12-3-5-19-6-4-12/h3-6,10-11,13,15-16,24H,2,7-9H2,1H3,(H,23,25)(H,20,21,22). The molecule has 1 amide bonds. The van der Waals surface area contributed by atoms with Gasteiger partial charge in [-0.15, -0.1) is 0 Å². The molecule has 1 saturated carbocycles. The number of aromatic nitrogens is 3. The molecule has 0 bridgehead atoms. The van der Waals surface area contributed by atoms with Crippen LogP contribution in [0.1, 0.15) is 35.7 Å². The fourth-order valence-electron chi connectivity index (χ4n) is 3.01. The van der Waals surface area contributed by atoms with E-state index in [1.165, 1.54) is 12.4 Å². The van der Waals surface area contributed by atoms with E-state index in [4.69, 9.17) is 0 Å². The molecule has 0 aliphatic heterocycles. The van der Waals surface area contributed by atoms with Gasteiger partial charge in [-0.05, 0) is 49.8 Å². The van der Waals surface area contributed by atoms with Gasteiger partial charge in [0.2, 0.25) is 5.95 Å². The van der Waals surface area contributed by atoms with Crippen LogP contribution in [0.25, 0.3) is 0 Å². The maximum absolute atomic E-state index is 12.6. The predicted molar refractivity (Wildman–Crippen MR) is 94.1 cm³/mol. The largest absolute Gasteiger partial charge is 0.393 e. The summed E-state index contributed by atoms with van der Waals surface area (Å²) in [6, 6.07) is 3.86. The molecular formula is C18H23N5O2. The zero-order valence-corrected chi connectivity index (χ0v) is 14.2. The molecule has 3 rings (SSSR count). The third-order valence-electron chi connectivity index (χ3n) is 4.49. The molecule has 0 radical (unpaired) electrons. The first-order valence-electron chi connectivity index (χ1n) is 8.59. The summed E-state index contributed by atoms with van der Waals surface area (Å²) in [5.74, 6) is 0.590. The molecule has 3 N–H and O–H groups in total. The van der Waals surface area contributed by atoms with Crippen molar-refractivity contribution in [2.24, 2.45) is 5.92 Å². The van der Waals surface area contributed by atoms with Gasteiger partial charge in [0, 0.05) is 37.4 Å². The van der Waals surface area contributed by atoms with Crippen LogP contribution in [0.4, 0.5) is 5.95 Å². The van der Waals surface area contributed by atoms with Crippen LogP contribution in [0, 0.1) is 5.92 Å². The first kappa shape index (κ1) is 17.3. The Kier molecular flexibility index (Phi) is 5.55. The number of pyridine rings is 1. The van der Waals surface area contributed by atoms with Gasteiger partial charge in [0.25, 0.3) is 5.91 Å². The molecule has 0 saturated heterocycles. The molecule has 2 aromatic rings. The molecule has 1 aliphatic carbocycles. The second-order valence-corrected chi connectivity index (χ2v) is 6.35.